The molecule has 21 heavy (non-hydrogen) atoms. The molecule has 1 amide bonds. The van der Waals surface area contributed by atoms with E-state index in [2.05, 4.69) is 17.1 Å². The molecule has 3 rings (SSSR count). The third-order valence-electron chi connectivity index (χ3n) is 6.13. The molecule has 3 fully saturated rings. The van der Waals surface area contributed by atoms with E-state index in [-0.39, 0.29) is 11.8 Å². The van der Waals surface area contributed by atoms with Crippen LogP contribution in [-0.4, -0.2) is 42.5 Å². The molecule has 3 aliphatic rings. The van der Waals surface area contributed by atoms with Gasteiger partial charge in [0.05, 0.1) is 5.92 Å². The number of nitrogens with two attached hydrogens (primary N) is 1. The van der Waals surface area contributed by atoms with Gasteiger partial charge in [-0.3, -0.25) is 9.69 Å². The third kappa shape index (κ3) is 2.98. The van der Waals surface area contributed by atoms with Crippen LogP contribution in [0.3, 0.4) is 0 Å². The highest BCUT2D eigenvalue weighted by Gasteiger charge is 2.45. The summed E-state index contributed by atoms with van der Waals surface area (Å²) < 4.78 is 0. The minimum Gasteiger partial charge on any atom is -0.354 e. The van der Waals surface area contributed by atoms with Gasteiger partial charge >= 0.3 is 0 Å². The van der Waals surface area contributed by atoms with E-state index in [1.165, 1.54) is 38.5 Å². The van der Waals surface area contributed by atoms with Gasteiger partial charge in [-0.1, -0.05) is 26.2 Å². The normalized spacial score (nSPS) is 40.9. The summed E-state index contributed by atoms with van der Waals surface area (Å²) in [6.45, 7) is 5.12. The first-order valence-corrected chi connectivity index (χ1v) is 8.98. The highest BCUT2D eigenvalue weighted by atomic mass is 16.2. The van der Waals surface area contributed by atoms with Crippen molar-refractivity contribution in [3.8, 4) is 0 Å². The number of rotatable bonds is 4. The molecule has 0 aromatic rings. The van der Waals surface area contributed by atoms with Crippen molar-refractivity contribution in [3.63, 3.8) is 0 Å². The molecule has 5 unspecified atom stereocenters. The molecule has 0 aromatic carbocycles. The molecule has 2 aliphatic heterocycles. The van der Waals surface area contributed by atoms with E-state index in [1.807, 2.05) is 0 Å². The molecule has 1 saturated carbocycles. The SMILES string of the molecule is CCCC1CCC(CN)C(N2CCCC3C(=O)NCC32)C1. The number of hydrogen-bond acceptors (Lipinski definition) is 3. The maximum Gasteiger partial charge on any atom is 0.224 e. The Bertz CT molecular complexity index is 373. The number of nitrogens with zero attached hydrogens (tertiary/aromatic N) is 1. The van der Waals surface area contributed by atoms with E-state index in [0.29, 0.717) is 18.0 Å². The minimum atomic E-state index is 0.240. The topological polar surface area (TPSA) is 58.4 Å². The van der Waals surface area contributed by atoms with Crippen molar-refractivity contribution < 1.29 is 4.79 Å². The lowest BCUT2D eigenvalue weighted by molar-refractivity contribution is -0.124. The number of likely N-dealkylation sites (tertiary alicyclic amines) is 1. The van der Waals surface area contributed by atoms with Crippen LogP contribution in [0.1, 0.15) is 51.9 Å². The maximum absolute atomic E-state index is 12.0. The second-order valence-corrected chi connectivity index (χ2v) is 7.33. The van der Waals surface area contributed by atoms with Crippen molar-refractivity contribution in [2.24, 2.45) is 23.5 Å². The molecule has 1 aliphatic carbocycles. The number of carbonyl (C=O) groups excluding carboxylic acids is 1. The van der Waals surface area contributed by atoms with Crippen LogP contribution in [0.5, 0.6) is 0 Å². The maximum atomic E-state index is 12.0. The average molecular weight is 293 g/mol. The summed E-state index contributed by atoms with van der Waals surface area (Å²) in [5.41, 5.74) is 6.07. The summed E-state index contributed by atoms with van der Waals surface area (Å²) in [4.78, 5) is 14.7. The Morgan fingerprint density at radius 3 is 2.90 bits per heavy atom. The van der Waals surface area contributed by atoms with E-state index in [4.69, 9.17) is 5.73 Å². The molecule has 120 valence electrons. The summed E-state index contributed by atoms with van der Waals surface area (Å²) in [5.74, 6) is 2.03. The fraction of sp³-hybridized carbons (Fsp3) is 0.941. The van der Waals surface area contributed by atoms with Gasteiger partial charge in [0.2, 0.25) is 5.91 Å². The smallest absolute Gasteiger partial charge is 0.224 e. The van der Waals surface area contributed by atoms with E-state index >= 15 is 0 Å². The Balaban J connectivity index is 1.73. The van der Waals surface area contributed by atoms with Crippen LogP contribution in [0.25, 0.3) is 0 Å². The van der Waals surface area contributed by atoms with Gasteiger partial charge in [0, 0.05) is 18.6 Å². The molecular weight excluding hydrogens is 262 g/mol. The Morgan fingerprint density at radius 2 is 2.14 bits per heavy atom. The zero-order valence-electron chi connectivity index (χ0n) is 13.4. The predicted molar refractivity (Wildman–Crippen MR) is 84.8 cm³/mol. The number of nitrogens with one attached hydrogen (secondary N) is 1. The number of amides is 1. The van der Waals surface area contributed by atoms with Crippen LogP contribution in [0.2, 0.25) is 0 Å². The van der Waals surface area contributed by atoms with Crippen LogP contribution in [-0.2, 0) is 4.79 Å². The summed E-state index contributed by atoms with van der Waals surface area (Å²) in [7, 11) is 0. The number of piperidine rings is 1. The zero-order valence-corrected chi connectivity index (χ0v) is 13.4. The lowest BCUT2D eigenvalue weighted by Gasteiger charge is -2.48. The summed E-state index contributed by atoms with van der Waals surface area (Å²) in [6, 6.07) is 1.05. The molecule has 0 bridgehead atoms. The van der Waals surface area contributed by atoms with E-state index in [0.717, 1.165) is 32.0 Å². The molecule has 3 N–H and O–H groups in total. The van der Waals surface area contributed by atoms with Crippen molar-refractivity contribution >= 4 is 5.91 Å². The number of hydrogen-bond donors (Lipinski definition) is 2. The Kier molecular flexibility index (Phi) is 4.85. The van der Waals surface area contributed by atoms with Crippen molar-refractivity contribution in [1.82, 2.24) is 10.2 Å². The Morgan fingerprint density at radius 1 is 1.29 bits per heavy atom. The van der Waals surface area contributed by atoms with Gasteiger partial charge < -0.3 is 11.1 Å². The molecule has 5 atom stereocenters. The van der Waals surface area contributed by atoms with Crippen LogP contribution in [0.15, 0.2) is 0 Å². The quantitative estimate of drug-likeness (QED) is 0.830. The van der Waals surface area contributed by atoms with Crippen LogP contribution >= 0.6 is 0 Å². The molecule has 0 spiro atoms. The molecule has 2 heterocycles. The fourth-order valence-corrected chi connectivity index (χ4v) is 5.04. The standard InChI is InChI=1S/C17H31N3O/c1-2-4-12-6-7-13(10-18)15(9-12)20-8-3-5-14-16(20)11-19-17(14)21/h12-16H,2-11,18H2,1H3,(H,19,21). The summed E-state index contributed by atoms with van der Waals surface area (Å²) >= 11 is 0. The van der Waals surface area contributed by atoms with Gasteiger partial charge in [-0.15, -0.1) is 0 Å². The van der Waals surface area contributed by atoms with Crippen molar-refractivity contribution in [1.29, 1.82) is 0 Å². The lowest BCUT2D eigenvalue weighted by Crippen LogP contribution is -2.55. The number of fused-ring (bicyclic) bond motifs is 1. The van der Waals surface area contributed by atoms with E-state index in [1.54, 1.807) is 0 Å². The molecule has 4 nitrogen and oxygen atoms in total. The highest BCUT2D eigenvalue weighted by molar-refractivity contribution is 5.82. The first-order valence-electron chi connectivity index (χ1n) is 8.98. The average Bonchev–Trinajstić information content (AvgIpc) is 2.89. The van der Waals surface area contributed by atoms with Crippen LogP contribution < -0.4 is 11.1 Å². The Labute approximate surface area is 128 Å². The molecule has 4 heteroatoms. The zero-order chi connectivity index (χ0) is 14.8. The van der Waals surface area contributed by atoms with E-state index < -0.39 is 0 Å². The number of carbonyl (C=O) groups is 1. The molecule has 0 aromatic heterocycles. The van der Waals surface area contributed by atoms with Crippen molar-refractivity contribution in [2.75, 3.05) is 19.6 Å². The van der Waals surface area contributed by atoms with Crippen molar-refractivity contribution in [3.05, 3.63) is 0 Å². The largest absolute Gasteiger partial charge is 0.354 e. The fourth-order valence-electron chi connectivity index (χ4n) is 5.04. The molecule has 0 radical (unpaired) electrons. The third-order valence-corrected chi connectivity index (χ3v) is 6.13. The van der Waals surface area contributed by atoms with Crippen LogP contribution in [0, 0.1) is 17.8 Å². The molecular formula is C17H31N3O. The second-order valence-electron chi connectivity index (χ2n) is 7.33. The highest BCUT2D eigenvalue weighted by Crippen LogP contribution is 2.38. The molecule has 2 saturated heterocycles. The van der Waals surface area contributed by atoms with Crippen molar-refractivity contribution in [2.45, 2.75) is 64.0 Å². The summed E-state index contributed by atoms with van der Waals surface area (Å²) in [6.07, 6.45) is 8.81. The minimum absolute atomic E-state index is 0.240. The van der Waals surface area contributed by atoms with Gasteiger partial charge in [0.1, 0.15) is 0 Å². The first kappa shape index (κ1) is 15.3. The van der Waals surface area contributed by atoms with Gasteiger partial charge in [0.15, 0.2) is 0 Å². The lowest BCUT2D eigenvalue weighted by atomic mass is 9.74. The summed E-state index contributed by atoms with van der Waals surface area (Å²) in [5, 5.41) is 3.09. The van der Waals surface area contributed by atoms with Gasteiger partial charge in [-0.25, -0.2) is 0 Å². The predicted octanol–water partition coefficient (Wildman–Crippen LogP) is 1.74. The van der Waals surface area contributed by atoms with E-state index in [9.17, 15) is 4.79 Å². The first-order chi connectivity index (χ1) is 10.2. The Hall–Kier alpha value is -0.610. The van der Waals surface area contributed by atoms with Gasteiger partial charge in [-0.05, 0) is 50.6 Å². The monoisotopic (exact) mass is 293 g/mol. The van der Waals surface area contributed by atoms with Crippen LogP contribution in [0.4, 0.5) is 0 Å². The van der Waals surface area contributed by atoms with Gasteiger partial charge in [0.25, 0.3) is 0 Å². The van der Waals surface area contributed by atoms with Gasteiger partial charge in [-0.2, -0.15) is 0 Å². The second kappa shape index (κ2) is 6.66.